The van der Waals surface area contributed by atoms with Gasteiger partial charge in [0.05, 0.1) is 11.8 Å². The molecular weight excluding hydrogens is 422 g/mol. The number of likely N-dealkylation sites (tertiary alicyclic amines) is 1. The lowest BCUT2D eigenvalue weighted by atomic mass is 9.76. The van der Waals surface area contributed by atoms with Gasteiger partial charge in [-0.15, -0.1) is 0 Å². The number of aryl methyl sites for hydroxylation is 1. The van der Waals surface area contributed by atoms with Crippen molar-refractivity contribution in [2.45, 2.75) is 31.3 Å². The monoisotopic (exact) mass is 449 g/mol. The highest BCUT2D eigenvalue weighted by Crippen LogP contribution is 2.53. The Balaban J connectivity index is 1.53. The van der Waals surface area contributed by atoms with E-state index in [1.165, 1.54) is 4.90 Å². The molecule has 2 saturated heterocycles. The quantitative estimate of drug-likeness (QED) is 0.663. The molecule has 7 heteroatoms. The third kappa shape index (κ3) is 3.02. The van der Waals surface area contributed by atoms with E-state index in [9.17, 15) is 14.4 Å². The van der Waals surface area contributed by atoms with Crippen molar-refractivity contribution in [3.63, 3.8) is 0 Å². The van der Waals surface area contributed by atoms with Crippen LogP contribution in [0.2, 0.25) is 0 Å². The number of amides is 3. The van der Waals surface area contributed by atoms with Gasteiger partial charge in [0, 0.05) is 23.8 Å². The van der Waals surface area contributed by atoms with Crippen LogP contribution in [0.5, 0.6) is 0 Å². The summed E-state index contributed by atoms with van der Waals surface area (Å²) in [7, 11) is 0. The van der Waals surface area contributed by atoms with Gasteiger partial charge in [0.15, 0.2) is 0 Å². The summed E-state index contributed by atoms with van der Waals surface area (Å²) >= 11 is 1.70. The molecule has 0 aromatic heterocycles. The first-order valence-electron chi connectivity index (χ1n) is 11.1. The van der Waals surface area contributed by atoms with E-state index in [1.54, 1.807) is 11.8 Å². The highest BCUT2D eigenvalue weighted by atomic mass is 32.2. The highest BCUT2D eigenvalue weighted by molar-refractivity contribution is 7.98. The fourth-order valence-corrected chi connectivity index (χ4v) is 6.12. The molecule has 3 heterocycles. The predicted molar refractivity (Wildman–Crippen MR) is 125 cm³/mol. The summed E-state index contributed by atoms with van der Waals surface area (Å²) in [5, 5.41) is 6.50. The van der Waals surface area contributed by atoms with Gasteiger partial charge < -0.3 is 5.32 Å². The third-order valence-electron chi connectivity index (χ3n) is 7.15. The Kier molecular flexibility index (Phi) is 5.34. The van der Waals surface area contributed by atoms with Crippen LogP contribution in [0.4, 0.5) is 5.69 Å². The van der Waals surface area contributed by atoms with E-state index in [2.05, 4.69) is 10.6 Å². The molecule has 2 aromatic rings. The molecule has 0 bridgehead atoms. The van der Waals surface area contributed by atoms with Crippen molar-refractivity contribution in [2.24, 2.45) is 11.8 Å². The summed E-state index contributed by atoms with van der Waals surface area (Å²) in [5.74, 6) is -1.01. The van der Waals surface area contributed by atoms with Gasteiger partial charge in [0.25, 0.3) is 0 Å². The summed E-state index contributed by atoms with van der Waals surface area (Å²) in [6.45, 7) is 2.28. The van der Waals surface area contributed by atoms with Crippen molar-refractivity contribution < 1.29 is 14.4 Å². The average Bonchev–Trinajstić information content (AvgIpc) is 3.38. The number of benzene rings is 2. The Morgan fingerprint density at radius 1 is 1.03 bits per heavy atom. The van der Waals surface area contributed by atoms with Crippen LogP contribution in [0.15, 0.2) is 48.5 Å². The van der Waals surface area contributed by atoms with Gasteiger partial charge in [-0.3, -0.25) is 24.6 Å². The average molecular weight is 450 g/mol. The van der Waals surface area contributed by atoms with E-state index >= 15 is 0 Å². The van der Waals surface area contributed by atoms with E-state index in [0.29, 0.717) is 13.0 Å². The smallest absolute Gasteiger partial charge is 0.250 e. The molecule has 2 N–H and O–H groups in total. The fraction of sp³-hybridized carbons (Fsp3) is 0.400. The molecule has 3 aliphatic heterocycles. The number of imide groups is 1. The fourth-order valence-electron chi connectivity index (χ4n) is 5.63. The molecule has 4 unspecified atom stereocenters. The third-order valence-corrected chi connectivity index (χ3v) is 7.79. The van der Waals surface area contributed by atoms with E-state index in [1.807, 2.05) is 61.7 Å². The van der Waals surface area contributed by atoms with Gasteiger partial charge in [-0.25, -0.2) is 0 Å². The number of carbonyl (C=O) groups excluding carboxylic acids is 3. The standard InChI is InChI=1S/C25H27N3O3S/c1-15-7-6-10-17-21(15)26-24(31)25(17)20-19(18(27-25)12-14-32-2)22(29)28(23(20)30)13-11-16-8-4-3-5-9-16/h3-10,18-20,27H,11-14H2,1-2H3,(H,26,31). The molecule has 1 spiro atoms. The lowest BCUT2D eigenvalue weighted by Crippen LogP contribution is -2.53. The van der Waals surface area contributed by atoms with Crippen LogP contribution < -0.4 is 10.6 Å². The first-order valence-corrected chi connectivity index (χ1v) is 12.5. The van der Waals surface area contributed by atoms with Crippen LogP contribution in [-0.4, -0.2) is 47.2 Å². The van der Waals surface area contributed by atoms with E-state index in [4.69, 9.17) is 0 Å². The number of rotatable bonds is 6. The molecule has 6 nitrogen and oxygen atoms in total. The second-order valence-corrected chi connectivity index (χ2v) is 9.84. The summed E-state index contributed by atoms with van der Waals surface area (Å²) in [4.78, 5) is 42.1. The van der Waals surface area contributed by atoms with Gasteiger partial charge in [0.1, 0.15) is 5.54 Å². The molecule has 3 amide bonds. The number of carbonyl (C=O) groups is 3. The van der Waals surface area contributed by atoms with E-state index in [-0.39, 0.29) is 23.8 Å². The molecular formula is C25H27N3O3S. The molecule has 32 heavy (non-hydrogen) atoms. The number of thioether (sulfide) groups is 1. The molecule has 5 rings (SSSR count). The number of hydrogen-bond donors (Lipinski definition) is 2. The Morgan fingerprint density at radius 3 is 2.56 bits per heavy atom. The van der Waals surface area contributed by atoms with Crippen LogP contribution in [0.3, 0.4) is 0 Å². The predicted octanol–water partition coefficient (Wildman–Crippen LogP) is 2.71. The second kappa shape index (κ2) is 8.05. The minimum Gasteiger partial charge on any atom is -0.324 e. The molecule has 0 saturated carbocycles. The SMILES string of the molecule is CSCCC1NC2(C(=O)Nc3c(C)cccc32)C2C(=O)N(CCc3ccccc3)C(=O)C12. The zero-order chi connectivity index (χ0) is 22.5. The second-order valence-electron chi connectivity index (χ2n) is 8.86. The minimum absolute atomic E-state index is 0.152. The molecule has 0 radical (unpaired) electrons. The van der Waals surface area contributed by atoms with Gasteiger partial charge in [-0.2, -0.15) is 11.8 Å². The number of fused-ring (bicyclic) bond motifs is 4. The molecule has 4 atom stereocenters. The van der Waals surface area contributed by atoms with Crippen LogP contribution in [0.25, 0.3) is 0 Å². The summed E-state index contributed by atoms with van der Waals surface area (Å²) < 4.78 is 0. The highest BCUT2D eigenvalue weighted by Gasteiger charge is 2.70. The van der Waals surface area contributed by atoms with Gasteiger partial charge in [-0.1, -0.05) is 48.5 Å². The lowest BCUT2D eigenvalue weighted by molar-refractivity contribution is -0.142. The number of nitrogens with zero attached hydrogens (tertiary/aromatic N) is 1. The molecule has 2 fully saturated rings. The van der Waals surface area contributed by atoms with Gasteiger partial charge in [0.2, 0.25) is 17.7 Å². The molecule has 0 aliphatic carbocycles. The van der Waals surface area contributed by atoms with Crippen LogP contribution >= 0.6 is 11.8 Å². The van der Waals surface area contributed by atoms with Crippen LogP contribution in [0, 0.1) is 18.8 Å². The molecule has 2 aromatic carbocycles. The zero-order valence-electron chi connectivity index (χ0n) is 18.3. The van der Waals surface area contributed by atoms with Crippen molar-refractivity contribution in [3.8, 4) is 0 Å². The van der Waals surface area contributed by atoms with Crippen molar-refractivity contribution in [1.82, 2.24) is 10.2 Å². The number of para-hydroxylation sites is 1. The number of nitrogens with one attached hydrogen (secondary N) is 2. The lowest BCUT2D eigenvalue weighted by Gasteiger charge is -2.29. The molecule has 3 aliphatic rings. The Labute approximate surface area is 192 Å². The zero-order valence-corrected chi connectivity index (χ0v) is 19.1. The maximum atomic E-state index is 13.7. The summed E-state index contributed by atoms with van der Waals surface area (Å²) in [6, 6.07) is 15.4. The van der Waals surface area contributed by atoms with E-state index < -0.39 is 17.4 Å². The van der Waals surface area contributed by atoms with Crippen molar-refractivity contribution >= 4 is 35.2 Å². The van der Waals surface area contributed by atoms with Gasteiger partial charge in [-0.05, 0) is 42.9 Å². The van der Waals surface area contributed by atoms with Crippen molar-refractivity contribution in [1.29, 1.82) is 0 Å². The maximum Gasteiger partial charge on any atom is 0.250 e. The number of hydrogen-bond acceptors (Lipinski definition) is 5. The Bertz CT molecular complexity index is 1090. The van der Waals surface area contributed by atoms with Gasteiger partial charge >= 0.3 is 0 Å². The number of anilines is 1. The largest absolute Gasteiger partial charge is 0.324 e. The van der Waals surface area contributed by atoms with Crippen molar-refractivity contribution in [2.75, 3.05) is 23.9 Å². The Hall–Kier alpha value is -2.64. The first kappa shape index (κ1) is 21.2. The van der Waals surface area contributed by atoms with Crippen LogP contribution in [-0.2, 0) is 26.3 Å². The maximum absolute atomic E-state index is 13.7. The summed E-state index contributed by atoms with van der Waals surface area (Å²) in [5.41, 5.74) is 2.39. The summed E-state index contributed by atoms with van der Waals surface area (Å²) in [6.07, 6.45) is 3.36. The normalized spacial score (nSPS) is 28.4. The van der Waals surface area contributed by atoms with Crippen molar-refractivity contribution in [3.05, 3.63) is 65.2 Å². The first-order chi connectivity index (χ1) is 15.5. The van der Waals surface area contributed by atoms with E-state index in [0.717, 1.165) is 34.6 Å². The minimum atomic E-state index is -1.19. The molecule has 166 valence electrons. The topological polar surface area (TPSA) is 78.5 Å². The van der Waals surface area contributed by atoms with Crippen LogP contribution in [0.1, 0.15) is 23.1 Å². The Morgan fingerprint density at radius 2 is 1.81 bits per heavy atom.